The van der Waals surface area contributed by atoms with Gasteiger partial charge in [-0.3, -0.25) is 5.10 Å². The van der Waals surface area contributed by atoms with Gasteiger partial charge in [0.05, 0.1) is 0 Å². The predicted octanol–water partition coefficient (Wildman–Crippen LogP) is 2.76. The molecule has 1 aromatic rings. The van der Waals surface area contributed by atoms with Crippen molar-refractivity contribution in [3.63, 3.8) is 0 Å². The Labute approximate surface area is 114 Å². The number of rotatable bonds is 5. The summed E-state index contributed by atoms with van der Waals surface area (Å²) in [6, 6.07) is 0.599. The fourth-order valence-corrected chi connectivity index (χ4v) is 4.22. The number of aromatic nitrogens is 3. The van der Waals surface area contributed by atoms with Gasteiger partial charge in [-0.15, -0.1) is 5.10 Å². The monoisotopic (exact) mass is 268 g/mol. The Hall–Kier alpha value is -0.550. The molecule has 2 N–H and O–H groups in total. The van der Waals surface area contributed by atoms with Crippen LogP contribution < -0.4 is 5.32 Å². The quantitative estimate of drug-likeness (QED) is 0.862. The van der Waals surface area contributed by atoms with Crippen LogP contribution in [0.15, 0.2) is 5.16 Å². The molecule has 18 heavy (non-hydrogen) atoms. The highest BCUT2D eigenvalue weighted by Gasteiger charge is 2.30. The number of aromatic amines is 1. The van der Waals surface area contributed by atoms with Crippen LogP contribution in [-0.4, -0.2) is 33.5 Å². The molecule has 3 unspecified atom stereocenters. The maximum absolute atomic E-state index is 4.41. The van der Waals surface area contributed by atoms with Crippen molar-refractivity contribution >= 4 is 11.8 Å². The Balaban J connectivity index is 1.97. The van der Waals surface area contributed by atoms with Crippen molar-refractivity contribution in [1.29, 1.82) is 0 Å². The van der Waals surface area contributed by atoms with Crippen LogP contribution >= 0.6 is 11.8 Å². The van der Waals surface area contributed by atoms with Crippen LogP contribution in [-0.2, 0) is 0 Å². The molecule has 0 spiro atoms. The third-order valence-corrected chi connectivity index (χ3v) is 5.02. The van der Waals surface area contributed by atoms with Crippen molar-refractivity contribution in [2.45, 2.75) is 62.4 Å². The lowest BCUT2D eigenvalue weighted by atomic mass is 9.83. The van der Waals surface area contributed by atoms with E-state index < -0.39 is 0 Å². The molecule has 1 saturated carbocycles. The van der Waals surface area contributed by atoms with Crippen LogP contribution in [0.4, 0.5) is 0 Å². The van der Waals surface area contributed by atoms with Crippen LogP contribution in [0.3, 0.4) is 0 Å². The number of H-pyrrole nitrogens is 1. The third kappa shape index (κ3) is 3.48. The summed E-state index contributed by atoms with van der Waals surface area (Å²) in [7, 11) is 2.07. The summed E-state index contributed by atoms with van der Waals surface area (Å²) in [4.78, 5) is 4.41. The first-order valence-electron chi connectivity index (χ1n) is 6.95. The van der Waals surface area contributed by atoms with Crippen molar-refractivity contribution in [1.82, 2.24) is 20.5 Å². The van der Waals surface area contributed by atoms with E-state index in [0.717, 1.165) is 16.9 Å². The van der Waals surface area contributed by atoms with Gasteiger partial charge in [-0.2, -0.15) is 0 Å². The fraction of sp³-hybridized carbons (Fsp3) is 0.846. The maximum Gasteiger partial charge on any atom is 0.208 e. The zero-order valence-corrected chi connectivity index (χ0v) is 12.4. The molecule has 0 bridgehead atoms. The number of aryl methyl sites for hydroxylation is 1. The SMILES string of the molecule is CCCC1CCC(NC)C(Sc2n[nH]c(C)n2)C1. The van der Waals surface area contributed by atoms with Crippen molar-refractivity contribution < 1.29 is 0 Å². The van der Waals surface area contributed by atoms with Gasteiger partial charge in [0.1, 0.15) is 5.82 Å². The Morgan fingerprint density at radius 2 is 2.28 bits per heavy atom. The normalized spacial score (nSPS) is 28.5. The molecule has 102 valence electrons. The minimum absolute atomic E-state index is 0.599. The van der Waals surface area contributed by atoms with E-state index in [2.05, 4.69) is 34.5 Å². The minimum atomic E-state index is 0.599. The van der Waals surface area contributed by atoms with Crippen molar-refractivity contribution in [2.24, 2.45) is 5.92 Å². The van der Waals surface area contributed by atoms with Gasteiger partial charge in [-0.1, -0.05) is 31.5 Å². The molecule has 1 fully saturated rings. The topological polar surface area (TPSA) is 53.6 Å². The van der Waals surface area contributed by atoms with Gasteiger partial charge < -0.3 is 5.32 Å². The largest absolute Gasteiger partial charge is 0.316 e. The molecular formula is C13H24N4S. The second kappa shape index (κ2) is 6.57. The first-order valence-corrected chi connectivity index (χ1v) is 7.83. The molecule has 2 rings (SSSR count). The Morgan fingerprint density at radius 3 is 2.89 bits per heavy atom. The summed E-state index contributed by atoms with van der Waals surface area (Å²) in [5.74, 6) is 1.79. The lowest BCUT2D eigenvalue weighted by Crippen LogP contribution is -2.40. The van der Waals surface area contributed by atoms with Gasteiger partial charge in [0, 0.05) is 11.3 Å². The van der Waals surface area contributed by atoms with Gasteiger partial charge >= 0.3 is 0 Å². The van der Waals surface area contributed by atoms with E-state index >= 15 is 0 Å². The zero-order valence-electron chi connectivity index (χ0n) is 11.6. The van der Waals surface area contributed by atoms with E-state index in [-0.39, 0.29) is 0 Å². The highest BCUT2D eigenvalue weighted by molar-refractivity contribution is 7.99. The van der Waals surface area contributed by atoms with Crippen LogP contribution in [0.5, 0.6) is 0 Å². The maximum atomic E-state index is 4.41. The average molecular weight is 268 g/mol. The van der Waals surface area contributed by atoms with Crippen molar-refractivity contribution in [2.75, 3.05) is 7.05 Å². The summed E-state index contributed by atoms with van der Waals surface area (Å²) in [5, 5.41) is 12.1. The zero-order chi connectivity index (χ0) is 13.0. The third-order valence-electron chi connectivity index (χ3n) is 3.80. The molecule has 0 saturated heterocycles. The first-order chi connectivity index (χ1) is 8.72. The van der Waals surface area contributed by atoms with E-state index in [1.807, 2.05) is 18.7 Å². The van der Waals surface area contributed by atoms with Crippen LogP contribution in [0.2, 0.25) is 0 Å². The van der Waals surface area contributed by atoms with E-state index in [0.29, 0.717) is 11.3 Å². The second-order valence-corrected chi connectivity index (χ2v) is 6.43. The molecular weight excluding hydrogens is 244 g/mol. The minimum Gasteiger partial charge on any atom is -0.316 e. The molecule has 3 atom stereocenters. The second-order valence-electron chi connectivity index (χ2n) is 5.22. The molecule has 5 heteroatoms. The van der Waals surface area contributed by atoms with Gasteiger partial charge in [-0.05, 0) is 39.2 Å². The highest BCUT2D eigenvalue weighted by Crippen LogP contribution is 2.36. The molecule has 1 aromatic heterocycles. The molecule has 0 aromatic carbocycles. The van der Waals surface area contributed by atoms with Gasteiger partial charge in [-0.25, -0.2) is 4.98 Å². The summed E-state index contributed by atoms with van der Waals surface area (Å²) in [5.41, 5.74) is 0. The Kier molecular flexibility index (Phi) is 5.06. The number of thioether (sulfide) groups is 1. The van der Waals surface area contributed by atoms with E-state index in [1.165, 1.54) is 32.1 Å². The van der Waals surface area contributed by atoms with Crippen LogP contribution in [0, 0.1) is 12.8 Å². The molecule has 0 radical (unpaired) electrons. The molecule has 0 aliphatic heterocycles. The summed E-state index contributed by atoms with van der Waals surface area (Å²) >= 11 is 1.83. The van der Waals surface area contributed by atoms with Gasteiger partial charge in [0.25, 0.3) is 0 Å². The average Bonchev–Trinajstić information content (AvgIpc) is 2.76. The lowest BCUT2D eigenvalue weighted by molar-refractivity contribution is 0.295. The van der Waals surface area contributed by atoms with Crippen molar-refractivity contribution in [3.05, 3.63) is 5.82 Å². The number of hydrogen-bond donors (Lipinski definition) is 2. The number of hydrogen-bond acceptors (Lipinski definition) is 4. The van der Waals surface area contributed by atoms with Gasteiger partial charge in [0.15, 0.2) is 0 Å². The molecule has 1 aliphatic rings. The van der Waals surface area contributed by atoms with E-state index in [4.69, 9.17) is 0 Å². The van der Waals surface area contributed by atoms with Crippen LogP contribution in [0.25, 0.3) is 0 Å². The fourth-order valence-electron chi connectivity index (χ4n) is 2.85. The number of nitrogens with zero attached hydrogens (tertiary/aromatic N) is 2. The molecule has 1 heterocycles. The summed E-state index contributed by atoms with van der Waals surface area (Å²) in [6.45, 7) is 4.23. The van der Waals surface area contributed by atoms with E-state index in [1.54, 1.807) is 0 Å². The Morgan fingerprint density at radius 1 is 1.44 bits per heavy atom. The molecule has 1 aliphatic carbocycles. The lowest BCUT2D eigenvalue weighted by Gasteiger charge is -2.35. The smallest absolute Gasteiger partial charge is 0.208 e. The van der Waals surface area contributed by atoms with E-state index in [9.17, 15) is 0 Å². The summed E-state index contributed by atoms with van der Waals surface area (Å²) < 4.78 is 0. The number of nitrogens with one attached hydrogen (secondary N) is 2. The molecule has 0 amide bonds. The highest BCUT2D eigenvalue weighted by atomic mass is 32.2. The standard InChI is InChI=1S/C13H24N4S/c1-4-5-10-6-7-11(14-3)12(8-10)18-13-15-9(2)16-17-13/h10-12,14H,4-8H2,1-3H3,(H,15,16,17). The first kappa shape index (κ1) is 13.9. The molecule has 4 nitrogen and oxygen atoms in total. The van der Waals surface area contributed by atoms with Crippen molar-refractivity contribution in [3.8, 4) is 0 Å². The summed E-state index contributed by atoms with van der Waals surface area (Å²) in [6.07, 6.45) is 6.59. The Bertz CT molecular complexity index is 366. The van der Waals surface area contributed by atoms with Crippen LogP contribution in [0.1, 0.15) is 44.9 Å². The van der Waals surface area contributed by atoms with Gasteiger partial charge in [0.2, 0.25) is 5.16 Å². The predicted molar refractivity (Wildman–Crippen MR) is 75.9 cm³/mol.